The molecule has 118 valence electrons. The molecule has 1 aromatic rings. The quantitative estimate of drug-likeness (QED) is 0.672. The van der Waals surface area contributed by atoms with Crippen LogP contribution in [0.15, 0.2) is 18.2 Å². The predicted octanol–water partition coefficient (Wildman–Crippen LogP) is 1.30. The average molecular weight is 295 g/mol. The zero-order chi connectivity index (χ0) is 15.1. The van der Waals surface area contributed by atoms with Crippen molar-refractivity contribution in [1.82, 2.24) is 5.32 Å². The van der Waals surface area contributed by atoms with Crippen LogP contribution < -0.4 is 10.1 Å². The summed E-state index contributed by atoms with van der Waals surface area (Å²) in [5.74, 6) is 0.876. The molecule has 2 unspecified atom stereocenters. The summed E-state index contributed by atoms with van der Waals surface area (Å²) in [6.07, 6.45) is 1.48. The molecule has 0 spiro atoms. The summed E-state index contributed by atoms with van der Waals surface area (Å²) in [7, 11) is 3.60. The highest BCUT2D eigenvalue weighted by atomic mass is 16.5. The fourth-order valence-electron chi connectivity index (χ4n) is 2.65. The first-order valence-corrected chi connectivity index (χ1v) is 7.42. The van der Waals surface area contributed by atoms with Crippen LogP contribution in [0.4, 0.5) is 0 Å². The van der Waals surface area contributed by atoms with Gasteiger partial charge in [0.25, 0.3) is 0 Å². The molecule has 0 amide bonds. The maximum Gasteiger partial charge on any atom is 0.122 e. The van der Waals surface area contributed by atoms with Gasteiger partial charge in [0.1, 0.15) is 18.5 Å². The molecule has 2 atom stereocenters. The minimum atomic E-state index is -0.626. The maximum absolute atomic E-state index is 9.85. The molecule has 5 heteroatoms. The second-order valence-electron chi connectivity index (χ2n) is 5.24. The second kappa shape index (κ2) is 8.34. The summed E-state index contributed by atoms with van der Waals surface area (Å²) in [5, 5.41) is 13.2. The monoisotopic (exact) mass is 295 g/mol. The Morgan fingerprint density at radius 2 is 2.19 bits per heavy atom. The van der Waals surface area contributed by atoms with E-state index in [1.54, 1.807) is 7.11 Å². The smallest absolute Gasteiger partial charge is 0.122 e. The van der Waals surface area contributed by atoms with Gasteiger partial charge < -0.3 is 24.6 Å². The van der Waals surface area contributed by atoms with Crippen molar-refractivity contribution in [2.24, 2.45) is 0 Å². The lowest BCUT2D eigenvalue weighted by molar-refractivity contribution is -0.00430. The fraction of sp³-hybridized carbons (Fsp3) is 0.625. The molecule has 0 saturated carbocycles. The SMILES string of the molecule is CNC1CCc2c(OCC(O)COCCOC)cccc21. The molecule has 0 bridgehead atoms. The van der Waals surface area contributed by atoms with Gasteiger partial charge in [-0.25, -0.2) is 0 Å². The third-order valence-corrected chi connectivity index (χ3v) is 3.75. The van der Waals surface area contributed by atoms with Gasteiger partial charge in [0.2, 0.25) is 0 Å². The lowest BCUT2D eigenvalue weighted by Gasteiger charge is -2.16. The number of hydrogen-bond acceptors (Lipinski definition) is 5. The lowest BCUT2D eigenvalue weighted by atomic mass is 10.1. The van der Waals surface area contributed by atoms with Crippen LogP contribution in [0, 0.1) is 0 Å². The Balaban J connectivity index is 1.83. The maximum atomic E-state index is 9.85. The molecular weight excluding hydrogens is 270 g/mol. The van der Waals surface area contributed by atoms with Gasteiger partial charge in [-0.15, -0.1) is 0 Å². The van der Waals surface area contributed by atoms with Gasteiger partial charge in [0.15, 0.2) is 0 Å². The van der Waals surface area contributed by atoms with Crippen molar-refractivity contribution < 1.29 is 19.3 Å². The van der Waals surface area contributed by atoms with Gasteiger partial charge in [0.05, 0.1) is 19.8 Å². The zero-order valence-corrected chi connectivity index (χ0v) is 12.8. The van der Waals surface area contributed by atoms with Crippen molar-refractivity contribution >= 4 is 0 Å². The molecule has 21 heavy (non-hydrogen) atoms. The van der Waals surface area contributed by atoms with Gasteiger partial charge >= 0.3 is 0 Å². The molecule has 1 aromatic carbocycles. The molecule has 5 nitrogen and oxygen atoms in total. The highest BCUT2D eigenvalue weighted by molar-refractivity contribution is 5.45. The summed E-state index contributed by atoms with van der Waals surface area (Å²) in [4.78, 5) is 0. The van der Waals surface area contributed by atoms with E-state index in [0.717, 1.165) is 18.6 Å². The van der Waals surface area contributed by atoms with E-state index in [-0.39, 0.29) is 13.2 Å². The predicted molar refractivity (Wildman–Crippen MR) is 80.8 cm³/mol. The Labute approximate surface area is 126 Å². The number of aliphatic hydroxyl groups is 1. The van der Waals surface area contributed by atoms with Gasteiger partial charge in [-0.05, 0) is 37.1 Å². The van der Waals surface area contributed by atoms with Crippen molar-refractivity contribution in [2.45, 2.75) is 25.0 Å². The summed E-state index contributed by atoms with van der Waals surface area (Å²) in [5.41, 5.74) is 2.56. The number of hydrogen-bond donors (Lipinski definition) is 2. The van der Waals surface area contributed by atoms with Gasteiger partial charge in [-0.2, -0.15) is 0 Å². The summed E-state index contributed by atoms with van der Waals surface area (Å²) >= 11 is 0. The van der Waals surface area contributed by atoms with E-state index >= 15 is 0 Å². The molecule has 0 heterocycles. The molecular formula is C16H25NO4. The Kier molecular flexibility index (Phi) is 6.45. The zero-order valence-electron chi connectivity index (χ0n) is 12.8. The standard InChI is InChI=1S/C16H25NO4/c1-17-15-7-6-14-13(15)4-3-5-16(14)21-11-12(18)10-20-9-8-19-2/h3-5,12,15,17-18H,6-11H2,1-2H3. The van der Waals surface area contributed by atoms with E-state index < -0.39 is 6.10 Å². The van der Waals surface area contributed by atoms with Gasteiger partial charge in [-0.1, -0.05) is 12.1 Å². The first-order valence-electron chi connectivity index (χ1n) is 7.42. The summed E-state index contributed by atoms with van der Waals surface area (Å²) in [6, 6.07) is 6.52. The molecule has 0 aliphatic heterocycles. The van der Waals surface area contributed by atoms with Gasteiger partial charge in [0, 0.05) is 13.2 Å². The third kappa shape index (κ3) is 4.41. The highest BCUT2D eigenvalue weighted by Crippen LogP contribution is 2.36. The van der Waals surface area contributed by atoms with E-state index in [2.05, 4.69) is 11.4 Å². The van der Waals surface area contributed by atoms with E-state index in [1.807, 2.05) is 19.2 Å². The van der Waals surface area contributed by atoms with E-state index in [4.69, 9.17) is 14.2 Å². The molecule has 1 aliphatic rings. The molecule has 2 rings (SSSR count). The normalized spacial score (nSPS) is 18.5. The molecule has 0 aromatic heterocycles. The van der Waals surface area contributed by atoms with Crippen LogP contribution in [-0.4, -0.2) is 51.8 Å². The van der Waals surface area contributed by atoms with Crippen molar-refractivity contribution in [1.29, 1.82) is 0 Å². The van der Waals surface area contributed by atoms with E-state index in [0.29, 0.717) is 19.3 Å². The Hall–Kier alpha value is -1.14. The minimum absolute atomic E-state index is 0.244. The Morgan fingerprint density at radius 1 is 1.33 bits per heavy atom. The van der Waals surface area contributed by atoms with Crippen LogP contribution in [0.3, 0.4) is 0 Å². The van der Waals surface area contributed by atoms with Crippen molar-refractivity contribution in [3.05, 3.63) is 29.3 Å². The van der Waals surface area contributed by atoms with Crippen LogP contribution in [0.25, 0.3) is 0 Å². The third-order valence-electron chi connectivity index (χ3n) is 3.75. The summed E-state index contributed by atoms with van der Waals surface area (Å²) in [6.45, 7) is 1.52. The van der Waals surface area contributed by atoms with Crippen LogP contribution in [0.2, 0.25) is 0 Å². The van der Waals surface area contributed by atoms with E-state index in [1.165, 1.54) is 11.1 Å². The first kappa shape index (κ1) is 16.2. The summed E-state index contributed by atoms with van der Waals surface area (Å²) < 4.78 is 15.9. The van der Waals surface area contributed by atoms with E-state index in [9.17, 15) is 5.11 Å². The number of fused-ring (bicyclic) bond motifs is 1. The van der Waals surface area contributed by atoms with Crippen molar-refractivity contribution in [3.8, 4) is 5.75 Å². The number of methoxy groups -OCH3 is 1. The van der Waals surface area contributed by atoms with Crippen LogP contribution in [-0.2, 0) is 15.9 Å². The van der Waals surface area contributed by atoms with Crippen molar-refractivity contribution in [2.75, 3.05) is 40.6 Å². The average Bonchev–Trinajstić information content (AvgIpc) is 2.93. The largest absolute Gasteiger partial charge is 0.491 e. The van der Waals surface area contributed by atoms with Crippen LogP contribution in [0.1, 0.15) is 23.6 Å². The number of ether oxygens (including phenoxy) is 3. The number of aliphatic hydroxyl groups excluding tert-OH is 1. The number of nitrogens with one attached hydrogen (secondary N) is 1. The van der Waals surface area contributed by atoms with Crippen molar-refractivity contribution in [3.63, 3.8) is 0 Å². The highest BCUT2D eigenvalue weighted by Gasteiger charge is 2.24. The van der Waals surface area contributed by atoms with Crippen LogP contribution >= 0.6 is 0 Å². The molecule has 0 saturated heterocycles. The number of benzene rings is 1. The number of rotatable bonds is 9. The van der Waals surface area contributed by atoms with Crippen LogP contribution in [0.5, 0.6) is 5.75 Å². The molecule has 1 aliphatic carbocycles. The topological polar surface area (TPSA) is 60.0 Å². The molecule has 0 fully saturated rings. The first-order chi connectivity index (χ1) is 10.3. The molecule has 2 N–H and O–H groups in total. The lowest BCUT2D eigenvalue weighted by Crippen LogP contribution is -2.24. The molecule has 0 radical (unpaired) electrons. The Morgan fingerprint density at radius 3 is 2.95 bits per heavy atom. The van der Waals surface area contributed by atoms with Gasteiger partial charge in [-0.3, -0.25) is 0 Å². The Bertz CT molecular complexity index is 438. The minimum Gasteiger partial charge on any atom is -0.491 e. The second-order valence-corrected chi connectivity index (χ2v) is 5.24. The fourth-order valence-corrected chi connectivity index (χ4v) is 2.65.